The molecule has 3 rings (SSSR count). The molecule has 29 heavy (non-hydrogen) atoms. The van der Waals surface area contributed by atoms with Gasteiger partial charge in [0.1, 0.15) is 5.60 Å². The van der Waals surface area contributed by atoms with Crippen molar-refractivity contribution in [2.24, 2.45) is 11.7 Å². The van der Waals surface area contributed by atoms with Gasteiger partial charge in [0, 0.05) is 25.2 Å². The number of alkyl carbamates (subject to hydrolysis) is 1. The summed E-state index contributed by atoms with van der Waals surface area (Å²) in [5, 5.41) is 2.88. The van der Waals surface area contributed by atoms with Crippen LogP contribution in [0.15, 0.2) is 12.1 Å². The minimum absolute atomic E-state index is 0.0501. The van der Waals surface area contributed by atoms with Gasteiger partial charge >= 0.3 is 6.09 Å². The van der Waals surface area contributed by atoms with Crippen LogP contribution in [0.25, 0.3) is 0 Å². The van der Waals surface area contributed by atoms with E-state index in [-0.39, 0.29) is 6.04 Å². The van der Waals surface area contributed by atoms with Gasteiger partial charge < -0.3 is 25.3 Å². The molecule has 3 N–H and O–H groups in total. The van der Waals surface area contributed by atoms with Gasteiger partial charge in [-0.05, 0) is 56.9 Å². The Morgan fingerprint density at radius 3 is 2.41 bits per heavy atom. The van der Waals surface area contributed by atoms with Crippen LogP contribution in [0.5, 0.6) is 11.5 Å². The van der Waals surface area contributed by atoms with Gasteiger partial charge in [-0.1, -0.05) is 0 Å². The molecule has 0 aromatic heterocycles. The van der Waals surface area contributed by atoms with E-state index in [1.165, 1.54) is 5.56 Å². The van der Waals surface area contributed by atoms with E-state index in [0.29, 0.717) is 24.5 Å². The van der Waals surface area contributed by atoms with Crippen molar-refractivity contribution in [2.45, 2.75) is 51.3 Å². The molecule has 0 aliphatic carbocycles. The summed E-state index contributed by atoms with van der Waals surface area (Å²) >= 11 is 0. The zero-order chi connectivity index (χ0) is 21.3. The molecule has 2 amide bonds. The fourth-order valence-electron chi connectivity index (χ4n) is 4.27. The summed E-state index contributed by atoms with van der Waals surface area (Å²) in [5.41, 5.74) is 7.37. The number of hydrogen-bond donors (Lipinski definition) is 2. The number of amides is 2. The number of piperidine rings is 1. The third-order valence-corrected chi connectivity index (χ3v) is 5.58. The van der Waals surface area contributed by atoms with E-state index >= 15 is 0 Å². The number of hydrogen-bond acceptors (Lipinski definition) is 6. The van der Waals surface area contributed by atoms with Gasteiger partial charge in [-0.2, -0.15) is 0 Å². The summed E-state index contributed by atoms with van der Waals surface area (Å²) in [6.45, 7) is 6.72. The fraction of sp³-hybridized carbons (Fsp3) is 0.619. The second kappa shape index (κ2) is 8.10. The number of nitrogens with zero attached hydrogens (tertiary/aromatic N) is 1. The van der Waals surface area contributed by atoms with Crippen LogP contribution in [-0.2, 0) is 16.0 Å². The number of nitrogens with two attached hydrogens (primary N) is 1. The lowest BCUT2D eigenvalue weighted by Crippen LogP contribution is -2.57. The van der Waals surface area contributed by atoms with Crippen LogP contribution in [0, 0.1) is 5.92 Å². The molecule has 0 spiro atoms. The predicted molar refractivity (Wildman–Crippen MR) is 108 cm³/mol. The zero-order valence-electron chi connectivity index (χ0n) is 17.8. The Bertz CT molecular complexity index is 789. The minimum Gasteiger partial charge on any atom is -0.493 e. The van der Waals surface area contributed by atoms with Gasteiger partial charge in [-0.15, -0.1) is 0 Å². The number of primary amides is 1. The first-order valence-corrected chi connectivity index (χ1v) is 9.90. The number of ether oxygens (including phenoxy) is 3. The summed E-state index contributed by atoms with van der Waals surface area (Å²) in [4.78, 5) is 26.7. The highest BCUT2D eigenvalue weighted by Gasteiger charge is 2.42. The van der Waals surface area contributed by atoms with E-state index in [0.717, 1.165) is 18.5 Å². The lowest BCUT2D eigenvalue weighted by atomic mass is 9.80. The first kappa shape index (κ1) is 21.2. The van der Waals surface area contributed by atoms with Crippen LogP contribution in [0.3, 0.4) is 0 Å². The second-order valence-electron chi connectivity index (χ2n) is 8.66. The van der Waals surface area contributed by atoms with E-state index in [1.54, 1.807) is 35.0 Å². The van der Waals surface area contributed by atoms with Crippen molar-refractivity contribution in [3.63, 3.8) is 0 Å². The van der Waals surface area contributed by atoms with Crippen LogP contribution in [0.4, 0.5) is 4.79 Å². The second-order valence-corrected chi connectivity index (χ2v) is 8.66. The third-order valence-electron chi connectivity index (χ3n) is 5.58. The molecular formula is C21H31N3O5. The number of benzene rings is 1. The van der Waals surface area contributed by atoms with Gasteiger partial charge in [0.25, 0.3) is 0 Å². The number of nitrogens with one attached hydrogen (secondary N) is 1. The lowest BCUT2D eigenvalue weighted by molar-refractivity contribution is -0.125. The Hall–Kier alpha value is -2.48. The lowest BCUT2D eigenvalue weighted by Gasteiger charge is -2.46. The average Bonchev–Trinajstić information content (AvgIpc) is 2.64. The molecule has 3 atom stereocenters. The summed E-state index contributed by atoms with van der Waals surface area (Å²) in [5.74, 6) is 0.485. The highest BCUT2D eigenvalue weighted by Crippen LogP contribution is 2.42. The normalized spacial score (nSPS) is 24.1. The summed E-state index contributed by atoms with van der Waals surface area (Å²) in [6, 6.07) is 3.67. The van der Waals surface area contributed by atoms with Crippen molar-refractivity contribution in [3.05, 3.63) is 23.3 Å². The molecule has 2 aliphatic rings. The molecule has 1 fully saturated rings. The highest BCUT2D eigenvalue weighted by atomic mass is 16.6. The highest BCUT2D eigenvalue weighted by molar-refractivity contribution is 5.79. The summed E-state index contributed by atoms with van der Waals surface area (Å²) < 4.78 is 16.3. The number of fused-ring (bicyclic) bond motifs is 3. The van der Waals surface area contributed by atoms with Crippen molar-refractivity contribution in [1.29, 1.82) is 0 Å². The van der Waals surface area contributed by atoms with Crippen molar-refractivity contribution < 1.29 is 23.8 Å². The summed E-state index contributed by atoms with van der Waals surface area (Å²) in [6.07, 6.45) is 0.877. The molecule has 8 nitrogen and oxygen atoms in total. The number of carbonyl (C=O) groups excluding carboxylic acids is 2. The van der Waals surface area contributed by atoms with Gasteiger partial charge in [0.15, 0.2) is 11.5 Å². The van der Waals surface area contributed by atoms with E-state index in [1.807, 2.05) is 12.1 Å². The maximum Gasteiger partial charge on any atom is 0.407 e. The molecule has 0 radical (unpaired) electrons. The average molecular weight is 405 g/mol. The first-order chi connectivity index (χ1) is 13.6. The Labute approximate surface area is 171 Å². The summed E-state index contributed by atoms with van der Waals surface area (Å²) in [7, 11) is 3.24. The molecule has 0 saturated carbocycles. The van der Waals surface area contributed by atoms with Gasteiger partial charge in [-0.3, -0.25) is 9.69 Å². The van der Waals surface area contributed by atoms with Crippen molar-refractivity contribution in [3.8, 4) is 11.5 Å². The Balaban J connectivity index is 1.88. The topological polar surface area (TPSA) is 103 Å². The largest absolute Gasteiger partial charge is 0.493 e. The van der Waals surface area contributed by atoms with E-state index in [4.69, 9.17) is 19.9 Å². The Morgan fingerprint density at radius 2 is 1.83 bits per heavy atom. The van der Waals surface area contributed by atoms with Crippen LogP contribution < -0.4 is 20.5 Å². The zero-order valence-corrected chi connectivity index (χ0v) is 17.8. The van der Waals surface area contributed by atoms with Gasteiger partial charge in [0.2, 0.25) is 5.91 Å². The van der Waals surface area contributed by atoms with Crippen molar-refractivity contribution in [2.75, 3.05) is 27.3 Å². The van der Waals surface area contributed by atoms with Gasteiger partial charge in [0.05, 0.1) is 20.1 Å². The molecule has 0 bridgehead atoms. The molecule has 2 aliphatic heterocycles. The maximum atomic E-state index is 12.3. The van der Waals surface area contributed by atoms with Gasteiger partial charge in [-0.25, -0.2) is 4.79 Å². The number of methoxy groups -OCH3 is 2. The Kier molecular flexibility index (Phi) is 5.93. The quantitative estimate of drug-likeness (QED) is 0.794. The smallest absolute Gasteiger partial charge is 0.407 e. The molecule has 2 heterocycles. The van der Waals surface area contributed by atoms with Crippen LogP contribution in [-0.4, -0.2) is 55.9 Å². The van der Waals surface area contributed by atoms with Crippen molar-refractivity contribution in [1.82, 2.24) is 10.2 Å². The maximum absolute atomic E-state index is 12.3. The van der Waals surface area contributed by atoms with Crippen LogP contribution in [0.2, 0.25) is 0 Å². The van der Waals surface area contributed by atoms with Crippen molar-refractivity contribution >= 4 is 12.0 Å². The minimum atomic E-state index is -0.617. The van der Waals surface area contributed by atoms with E-state index in [9.17, 15) is 9.59 Å². The molecular weight excluding hydrogens is 374 g/mol. The SMILES string of the molecule is COc1cc2c(cc1OC)[C@@H]1C[C@H](NC(=O)OC(C)(C)C)[C@H](C(N)=O)CN1CC2. The molecule has 8 heteroatoms. The monoisotopic (exact) mass is 405 g/mol. The Morgan fingerprint density at radius 1 is 1.17 bits per heavy atom. The molecule has 1 aromatic rings. The van der Waals surface area contributed by atoms with E-state index < -0.39 is 29.6 Å². The predicted octanol–water partition coefficient (Wildman–Crippen LogP) is 2.00. The van der Waals surface area contributed by atoms with E-state index in [2.05, 4.69) is 10.2 Å². The first-order valence-electron chi connectivity index (χ1n) is 9.90. The molecule has 1 saturated heterocycles. The standard InChI is InChI=1S/C21H31N3O5/c1-21(2,3)29-20(26)23-15-10-16-13-9-18(28-5)17(27-4)8-12(13)6-7-24(16)11-14(15)19(22)25/h8-9,14-16H,6-7,10-11H2,1-5H3,(H2,22,25)(H,23,26)/t14-,15+,16+/m1/s1. The molecule has 1 aromatic carbocycles. The third kappa shape index (κ3) is 4.58. The molecule has 160 valence electrons. The van der Waals surface area contributed by atoms with Crippen LogP contribution >= 0.6 is 0 Å². The number of carbonyl (C=O) groups is 2. The fourth-order valence-corrected chi connectivity index (χ4v) is 4.27. The number of rotatable bonds is 4. The molecule has 0 unspecified atom stereocenters. The van der Waals surface area contributed by atoms with Crippen LogP contribution in [0.1, 0.15) is 44.4 Å².